The molecule has 1 rings (SSSR count). The molecule has 0 aliphatic rings. The largest absolute Gasteiger partial charge is 0.302 e. The van der Waals surface area contributed by atoms with Gasteiger partial charge in [0.05, 0.1) is 17.0 Å². The highest BCUT2D eigenvalue weighted by Gasteiger charge is 2.08. The van der Waals surface area contributed by atoms with Crippen LogP contribution in [0.25, 0.3) is 0 Å². The van der Waals surface area contributed by atoms with E-state index in [1.165, 1.54) is 0 Å². The minimum absolute atomic E-state index is 0.328. The third-order valence-electron chi connectivity index (χ3n) is 1.75. The van der Waals surface area contributed by atoms with Crippen molar-refractivity contribution >= 4 is 29.5 Å². The van der Waals surface area contributed by atoms with E-state index in [0.29, 0.717) is 28.9 Å². The molecule has 0 amide bonds. The molecule has 0 fully saturated rings. The minimum atomic E-state index is -0.611. The van der Waals surface area contributed by atoms with Gasteiger partial charge in [-0.2, -0.15) is 5.26 Å². The lowest BCUT2D eigenvalue weighted by atomic mass is 10.0. The van der Waals surface area contributed by atoms with E-state index < -0.39 is 5.38 Å². The molecule has 0 aliphatic carbocycles. The fourth-order valence-electron chi connectivity index (χ4n) is 1.10. The van der Waals surface area contributed by atoms with Crippen LogP contribution in [0.4, 0.5) is 0 Å². The van der Waals surface area contributed by atoms with Gasteiger partial charge in [-0.3, -0.25) is 0 Å². The number of halogens is 2. The number of rotatable bonds is 3. The lowest BCUT2D eigenvalue weighted by molar-refractivity contribution is -0.107. The van der Waals surface area contributed by atoms with Gasteiger partial charge in [-0.15, -0.1) is 11.6 Å². The molecule has 0 saturated heterocycles. The average Bonchev–Trinajstić information content (AvgIpc) is 2.18. The standard InChI is InChI=1S/C10H7Cl2NO/c11-9-2-1-7(5-13)8(3-9)4-10(12)6-14/h1-3,6,10H,4H2. The third-order valence-corrected chi connectivity index (χ3v) is 2.24. The molecule has 4 heteroatoms. The van der Waals surface area contributed by atoms with E-state index in [1.54, 1.807) is 18.2 Å². The number of nitriles is 1. The first-order chi connectivity index (χ1) is 6.67. The van der Waals surface area contributed by atoms with Crippen molar-refractivity contribution in [3.8, 4) is 6.07 Å². The van der Waals surface area contributed by atoms with Crippen molar-refractivity contribution < 1.29 is 4.79 Å². The first kappa shape index (κ1) is 11.0. The first-order valence-corrected chi connectivity index (χ1v) is 4.76. The van der Waals surface area contributed by atoms with E-state index >= 15 is 0 Å². The molecule has 0 N–H and O–H groups in total. The van der Waals surface area contributed by atoms with Crippen LogP contribution in [0, 0.1) is 11.3 Å². The molecule has 1 atom stereocenters. The number of nitrogens with zero attached hydrogens (tertiary/aromatic N) is 1. The number of hydrogen-bond donors (Lipinski definition) is 0. The predicted octanol–water partition coefficient (Wildman–Crippen LogP) is 2.56. The fourth-order valence-corrected chi connectivity index (χ4v) is 1.46. The summed E-state index contributed by atoms with van der Waals surface area (Å²) in [5.74, 6) is 0. The average molecular weight is 228 g/mol. The molecule has 0 aromatic heterocycles. The Morgan fingerprint density at radius 1 is 1.57 bits per heavy atom. The lowest BCUT2D eigenvalue weighted by Gasteiger charge is -2.04. The zero-order chi connectivity index (χ0) is 10.6. The van der Waals surface area contributed by atoms with Crippen LogP contribution >= 0.6 is 23.2 Å². The van der Waals surface area contributed by atoms with E-state index in [9.17, 15) is 4.79 Å². The molecule has 1 aromatic carbocycles. The highest BCUT2D eigenvalue weighted by atomic mass is 35.5. The molecule has 2 nitrogen and oxygen atoms in total. The maximum absolute atomic E-state index is 10.3. The van der Waals surface area contributed by atoms with Crippen LogP contribution in [0.5, 0.6) is 0 Å². The molecular formula is C10H7Cl2NO. The predicted molar refractivity (Wildman–Crippen MR) is 55.6 cm³/mol. The van der Waals surface area contributed by atoms with Gasteiger partial charge in [0.2, 0.25) is 0 Å². The van der Waals surface area contributed by atoms with Crippen LogP contribution in [0.2, 0.25) is 5.02 Å². The Hall–Kier alpha value is -1.04. The molecule has 14 heavy (non-hydrogen) atoms. The number of alkyl halides is 1. The Morgan fingerprint density at radius 3 is 2.86 bits per heavy atom. The number of hydrogen-bond acceptors (Lipinski definition) is 2. The summed E-state index contributed by atoms with van der Waals surface area (Å²) < 4.78 is 0. The summed E-state index contributed by atoms with van der Waals surface area (Å²) in [6.45, 7) is 0. The molecule has 0 spiro atoms. The highest BCUT2D eigenvalue weighted by molar-refractivity contribution is 6.30. The van der Waals surface area contributed by atoms with Crippen LogP contribution in [-0.2, 0) is 11.2 Å². The van der Waals surface area contributed by atoms with Crippen molar-refractivity contribution in [1.82, 2.24) is 0 Å². The van der Waals surface area contributed by atoms with Crippen molar-refractivity contribution in [3.63, 3.8) is 0 Å². The molecule has 0 bridgehead atoms. The summed E-state index contributed by atoms with van der Waals surface area (Å²) >= 11 is 11.4. The summed E-state index contributed by atoms with van der Waals surface area (Å²) in [6.07, 6.45) is 0.970. The zero-order valence-corrected chi connectivity index (χ0v) is 8.72. The van der Waals surface area contributed by atoms with Gasteiger partial charge >= 0.3 is 0 Å². The van der Waals surface area contributed by atoms with Crippen LogP contribution in [0.1, 0.15) is 11.1 Å². The van der Waals surface area contributed by atoms with Crippen LogP contribution in [0.15, 0.2) is 18.2 Å². The minimum Gasteiger partial charge on any atom is -0.302 e. The second kappa shape index (κ2) is 4.99. The van der Waals surface area contributed by atoms with E-state index in [0.717, 1.165) is 0 Å². The van der Waals surface area contributed by atoms with E-state index in [4.69, 9.17) is 28.5 Å². The third kappa shape index (κ3) is 2.73. The van der Waals surface area contributed by atoms with Crippen molar-refractivity contribution in [2.45, 2.75) is 11.8 Å². The molecule has 0 saturated carbocycles. The Kier molecular flexibility index (Phi) is 3.94. The Labute approximate surface area is 92.1 Å². The van der Waals surface area contributed by atoms with Gasteiger partial charge in [0.1, 0.15) is 6.29 Å². The van der Waals surface area contributed by atoms with Gasteiger partial charge in [0, 0.05) is 5.02 Å². The maximum atomic E-state index is 10.3. The summed E-state index contributed by atoms with van der Waals surface area (Å²) in [5.41, 5.74) is 1.20. The second-order valence-electron chi connectivity index (χ2n) is 2.77. The Morgan fingerprint density at radius 2 is 2.29 bits per heavy atom. The van der Waals surface area contributed by atoms with E-state index in [2.05, 4.69) is 0 Å². The summed E-state index contributed by atoms with van der Waals surface area (Å²) in [5, 5.41) is 8.70. The summed E-state index contributed by atoms with van der Waals surface area (Å²) in [6, 6.07) is 6.92. The summed E-state index contributed by atoms with van der Waals surface area (Å²) in [4.78, 5) is 10.3. The van der Waals surface area contributed by atoms with Crippen molar-refractivity contribution in [2.75, 3.05) is 0 Å². The monoisotopic (exact) mass is 227 g/mol. The van der Waals surface area contributed by atoms with Crippen LogP contribution < -0.4 is 0 Å². The zero-order valence-electron chi connectivity index (χ0n) is 7.21. The smallest absolute Gasteiger partial charge is 0.138 e. The number of aldehydes is 1. The quantitative estimate of drug-likeness (QED) is 0.589. The lowest BCUT2D eigenvalue weighted by Crippen LogP contribution is -2.05. The van der Waals surface area contributed by atoms with Crippen LogP contribution in [-0.4, -0.2) is 11.7 Å². The fraction of sp³-hybridized carbons (Fsp3) is 0.200. The van der Waals surface area contributed by atoms with Gasteiger partial charge < -0.3 is 4.79 Å². The first-order valence-electron chi connectivity index (χ1n) is 3.95. The van der Waals surface area contributed by atoms with E-state index in [-0.39, 0.29) is 0 Å². The molecule has 0 aliphatic heterocycles. The molecule has 1 unspecified atom stereocenters. The number of carbonyl (C=O) groups excluding carboxylic acids is 1. The topological polar surface area (TPSA) is 40.9 Å². The molecular weight excluding hydrogens is 221 g/mol. The maximum Gasteiger partial charge on any atom is 0.138 e. The Balaban J connectivity index is 3.00. The SMILES string of the molecule is N#Cc1ccc(Cl)cc1CC(Cl)C=O. The van der Waals surface area contributed by atoms with Crippen molar-refractivity contribution in [2.24, 2.45) is 0 Å². The second-order valence-corrected chi connectivity index (χ2v) is 3.77. The van der Waals surface area contributed by atoms with Gasteiger partial charge in [-0.25, -0.2) is 0 Å². The van der Waals surface area contributed by atoms with Gasteiger partial charge in [-0.1, -0.05) is 11.6 Å². The molecule has 0 radical (unpaired) electrons. The summed E-state index contributed by atoms with van der Waals surface area (Å²) in [7, 11) is 0. The van der Waals surface area contributed by atoms with E-state index in [1.807, 2.05) is 6.07 Å². The van der Waals surface area contributed by atoms with Crippen LogP contribution in [0.3, 0.4) is 0 Å². The highest BCUT2D eigenvalue weighted by Crippen LogP contribution is 2.18. The van der Waals surface area contributed by atoms with Crippen molar-refractivity contribution in [3.05, 3.63) is 34.3 Å². The Bertz CT molecular complexity index is 384. The van der Waals surface area contributed by atoms with Gasteiger partial charge in [0.25, 0.3) is 0 Å². The molecule has 72 valence electrons. The molecule has 1 aromatic rings. The molecule has 0 heterocycles. The van der Waals surface area contributed by atoms with Crippen molar-refractivity contribution in [1.29, 1.82) is 5.26 Å². The van der Waals surface area contributed by atoms with Gasteiger partial charge in [0.15, 0.2) is 0 Å². The number of benzene rings is 1. The number of carbonyl (C=O) groups is 1. The normalized spacial score (nSPS) is 11.8. The van der Waals surface area contributed by atoms with Gasteiger partial charge in [-0.05, 0) is 30.2 Å².